The first-order valence-electron chi connectivity index (χ1n) is 7.56. The number of ketones is 1. The van der Waals surface area contributed by atoms with Crippen molar-refractivity contribution in [3.63, 3.8) is 0 Å². The van der Waals surface area contributed by atoms with Crippen molar-refractivity contribution >= 4 is 35.0 Å². The molecule has 1 aliphatic heterocycles. The molecule has 0 radical (unpaired) electrons. The fourth-order valence-corrected chi connectivity index (χ4v) is 3.19. The van der Waals surface area contributed by atoms with Crippen molar-refractivity contribution in [2.75, 3.05) is 6.54 Å². The Morgan fingerprint density at radius 3 is 3.00 bits per heavy atom. The maximum atomic E-state index is 12.8. The number of aromatic nitrogens is 1. The van der Waals surface area contributed by atoms with Crippen molar-refractivity contribution in [2.24, 2.45) is 0 Å². The van der Waals surface area contributed by atoms with Crippen LogP contribution in [0, 0.1) is 4.84 Å². The largest absolute Gasteiger partial charge is 0.429 e. The third kappa shape index (κ3) is 2.70. The molecule has 1 atom stereocenters. The van der Waals surface area contributed by atoms with Crippen LogP contribution in [0.25, 0.3) is 11.1 Å². The van der Waals surface area contributed by atoms with E-state index in [2.05, 4.69) is 4.98 Å². The van der Waals surface area contributed by atoms with Crippen molar-refractivity contribution in [1.29, 1.82) is 0 Å². The second-order valence-corrected chi connectivity index (χ2v) is 5.93. The van der Waals surface area contributed by atoms with Gasteiger partial charge in [-0.2, -0.15) is 0 Å². The smallest absolute Gasteiger partial charge is 0.266 e. The molecule has 5 nitrogen and oxygen atoms in total. The normalized spacial score (nSPS) is 18.6. The molecule has 1 amide bonds. The summed E-state index contributed by atoms with van der Waals surface area (Å²) in [4.78, 5) is 29.8. The topological polar surface area (TPSA) is 66.3 Å². The van der Waals surface area contributed by atoms with Crippen molar-refractivity contribution in [1.82, 2.24) is 9.88 Å². The molecule has 1 aliphatic rings. The highest BCUT2D eigenvalue weighted by molar-refractivity contribution is 7.71. The minimum absolute atomic E-state index is 0.115. The Hall–Kier alpha value is -1.95. The maximum absolute atomic E-state index is 12.8. The number of benzene rings is 1. The second-order valence-electron chi connectivity index (χ2n) is 5.56. The second kappa shape index (κ2) is 6.04. The quantitative estimate of drug-likeness (QED) is 0.880. The lowest BCUT2D eigenvalue weighted by molar-refractivity contribution is -0.124. The van der Waals surface area contributed by atoms with Crippen LogP contribution in [0.1, 0.15) is 43.0 Å². The molecule has 3 rings (SSSR count). The number of carbonyl (C=O) groups is 2. The number of fused-ring (bicyclic) bond motifs is 1. The summed E-state index contributed by atoms with van der Waals surface area (Å²) in [7, 11) is 0. The third-order valence-electron chi connectivity index (χ3n) is 4.15. The average Bonchev–Trinajstić information content (AvgIpc) is 2.92. The first-order chi connectivity index (χ1) is 10.6. The molecule has 22 heavy (non-hydrogen) atoms. The van der Waals surface area contributed by atoms with Gasteiger partial charge in [0, 0.05) is 18.5 Å². The summed E-state index contributed by atoms with van der Waals surface area (Å²) in [6, 6.07) is 4.92. The number of amides is 1. The molecule has 116 valence electrons. The Bertz CT molecular complexity index is 777. The highest BCUT2D eigenvalue weighted by atomic mass is 32.1. The minimum atomic E-state index is -0.292. The molecule has 1 N–H and O–H groups in total. The average molecular weight is 318 g/mol. The summed E-state index contributed by atoms with van der Waals surface area (Å²) in [6.07, 6.45) is 3.14. The van der Waals surface area contributed by atoms with Crippen LogP contribution in [0.15, 0.2) is 22.6 Å². The van der Waals surface area contributed by atoms with E-state index in [0.717, 1.165) is 24.8 Å². The molecular weight excluding hydrogens is 300 g/mol. The predicted molar refractivity (Wildman–Crippen MR) is 85.4 cm³/mol. The number of likely N-dealkylation sites (tertiary alicyclic amines) is 1. The van der Waals surface area contributed by atoms with Gasteiger partial charge < -0.3 is 14.3 Å². The number of H-pyrrole nitrogens is 1. The number of oxazole rings is 1. The first kappa shape index (κ1) is 15.0. The lowest BCUT2D eigenvalue weighted by Gasteiger charge is -2.34. The first-order valence-corrected chi connectivity index (χ1v) is 7.97. The molecule has 0 aliphatic carbocycles. The van der Waals surface area contributed by atoms with Gasteiger partial charge in [-0.1, -0.05) is 6.92 Å². The molecule has 2 heterocycles. The zero-order valence-corrected chi connectivity index (χ0v) is 13.2. The molecule has 1 aromatic carbocycles. The Labute approximate surface area is 133 Å². The molecule has 0 bridgehead atoms. The van der Waals surface area contributed by atoms with Crippen LogP contribution in [-0.4, -0.2) is 34.2 Å². The Balaban J connectivity index is 1.92. The Morgan fingerprint density at radius 2 is 2.23 bits per heavy atom. The van der Waals surface area contributed by atoms with E-state index in [4.69, 9.17) is 16.6 Å². The number of carbonyl (C=O) groups excluding carboxylic acids is 2. The fourth-order valence-electron chi connectivity index (χ4n) is 2.99. The van der Waals surface area contributed by atoms with E-state index in [-0.39, 0.29) is 22.6 Å². The minimum Gasteiger partial charge on any atom is -0.429 e. The maximum Gasteiger partial charge on any atom is 0.266 e. The van der Waals surface area contributed by atoms with Gasteiger partial charge in [-0.3, -0.25) is 9.59 Å². The van der Waals surface area contributed by atoms with E-state index >= 15 is 0 Å². The fraction of sp³-hybridized carbons (Fsp3) is 0.438. The van der Waals surface area contributed by atoms with Crippen molar-refractivity contribution in [3.05, 3.63) is 28.6 Å². The Kier molecular flexibility index (Phi) is 4.11. The lowest BCUT2D eigenvalue weighted by atomic mass is 9.96. The number of hydrogen-bond acceptors (Lipinski definition) is 4. The zero-order valence-electron chi connectivity index (χ0n) is 12.4. The zero-order chi connectivity index (χ0) is 15.7. The summed E-state index contributed by atoms with van der Waals surface area (Å²) in [6.45, 7) is 2.47. The van der Waals surface area contributed by atoms with E-state index in [1.54, 1.807) is 23.1 Å². The number of rotatable bonds is 3. The molecule has 1 saturated heterocycles. The molecule has 1 aromatic heterocycles. The van der Waals surface area contributed by atoms with E-state index < -0.39 is 0 Å². The highest BCUT2D eigenvalue weighted by Gasteiger charge is 2.31. The number of aromatic amines is 1. The number of piperidine rings is 1. The number of Topliss-reactive ketones (excluding diaryl/α,β-unsaturated/α-hetero) is 1. The summed E-state index contributed by atoms with van der Waals surface area (Å²) in [5, 5.41) is 0. The SMILES string of the molecule is CCC(=O)[C@@H]1CCCCN1C(=O)c1ccc2[nH]c(=S)oc2c1. The summed E-state index contributed by atoms with van der Waals surface area (Å²) in [5.74, 6) is 0.0176. The third-order valence-corrected chi connectivity index (χ3v) is 4.34. The van der Waals surface area contributed by atoms with Crippen LogP contribution in [0.4, 0.5) is 0 Å². The molecule has 6 heteroatoms. The molecule has 1 fully saturated rings. The van der Waals surface area contributed by atoms with Crippen molar-refractivity contribution in [3.8, 4) is 0 Å². The number of nitrogens with one attached hydrogen (secondary N) is 1. The lowest BCUT2D eigenvalue weighted by Crippen LogP contribution is -2.47. The predicted octanol–water partition coefficient (Wildman–Crippen LogP) is 3.46. The van der Waals surface area contributed by atoms with Crippen molar-refractivity contribution in [2.45, 2.75) is 38.6 Å². The van der Waals surface area contributed by atoms with E-state index in [9.17, 15) is 9.59 Å². The van der Waals surface area contributed by atoms with Crippen LogP contribution in [0.5, 0.6) is 0 Å². The monoisotopic (exact) mass is 318 g/mol. The molecular formula is C16H18N2O3S. The van der Waals surface area contributed by atoms with Gasteiger partial charge in [0.05, 0.1) is 11.6 Å². The van der Waals surface area contributed by atoms with Crippen molar-refractivity contribution < 1.29 is 14.0 Å². The van der Waals surface area contributed by atoms with Gasteiger partial charge in [0.25, 0.3) is 10.7 Å². The van der Waals surface area contributed by atoms with Gasteiger partial charge in [-0.05, 0) is 49.7 Å². The van der Waals surface area contributed by atoms with E-state index in [1.165, 1.54) is 0 Å². The summed E-state index contributed by atoms with van der Waals surface area (Å²) < 4.78 is 5.36. The van der Waals surface area contributed by atoms with Gasteiger partial charge in [0.2, 0.25) is 0 Å². The number of nitrogens with zero attached hydrogens (tertiary/aromatic N) is 1. The Morgan fingerprint density at radius 1 is 1.41 bits per heavy atom. The standard InChI is InChI=1S/C16H18N2O3S/c1-2-13(19)12-5-3-4-8-18(12)15(20)10-6-7-11-14(9-10)21-16(22)17-11/h6-7,9,12H,2-5,8H2,1H3,(H,17,22)/t12-/m0/s1. The van der Waals surface area contributed by atoms with Gasteiger partial charge in [-0.15, -0.1) is 0 Å². The van der Waals surface area contributed by atoms with Crippen LogP contribution in [-0.2, 0) is 4.79 Å². The summed E-state index contributed by atoms with van der Waals surface area (Å²) >= 11 is 4.95. The summed E-state index contributed by atoms with van der Waals surface area (Å²) in [5.41, 5.74) is 1.86. The van der Waals surface area contributed by atoms with Gasteiger partial charge in [0.1, 0.15) is 0 Å². The molecule has 0 saturated carbocycles. The molecule has 2 aromatic rings. The van der Waals surface area contributed by atoms with Gasteiger partial charge >= 0.3 is 0 Å². The van der Waals surface area contributed by atoms with E-state index in [0.29, 0.717) is 24.1 Å². The molecule has 0 spiro atoms. The van der Waals surface area contributed by atoms with Crippen LogP contribution < -0.4 is 0 Å². The number of hydrogen-bond donors (Lipinski definition) is 1. The molecule has 0 unspecified atom stereocenters. The highest BCUT2D eigenvalue weighted by Crippen LogP contribution is 2.23. The van der Waals surface area contributed by atoms with Gasteiger partial charge in [-0.25, -0.2) is 0 Å². The van der Waals surface area contributed by atoms with Crippen LogP contribution in [0.2, 0.25) is 0 Å². The van der Waals surface area contributed by atoms with Crippen LogP contribution >= 0.6 is 12.2 Å². The van der Waals surface area contributed by atoms with E-state index in [1.807, 2.05) is 6.92 Å². The van der Waals surface area contributed by atoms with Gasteiger partial charge in [0.15, 0.2) is 11.4 Å². The van der Waals surface area contributed by atoms with Crippen LogP contribution in [0.3, 0.4) is 0 Å².